The lowest BCUT2D eigenvalue weighted by Gasteiger charge is -2.12. The summed E-state index contributed by atoms with van der Waals surface area (Å²) in [6, 6.07) is 1.41. The summed E-state index contributed by atoms with van der Waals surface area (Å²) in [7, 11) is 0. The van der Waals surface area contributed by atoms with E-state index in [1.165, 1.54) is 6.07 Å². The van der Waals surface area contributed by atoms with Crippen molar-refractivity contribution in [3.05, 3.63) is 27.8 Å². The Bertz CT molecular complexity index is 413. The van der Waals surface area contributed by atoms with E-state index in [9.17, 15) is 9.90 Å². The molecule has 0 atom stereocenters. The molecule has 0 bridgehead atoms. The highest BCUT2D eigenvalue weighted by atomic mass is 35.5. The van der Waals surface area contributed by atoms with Crippen molar-refractivity contribution in [2.45, 2.75) is 33.1 Å². The van der Waals surface area contributed by atoms with E-state index >= 15 is 0 Å². The van der Waals surface area contributed by atoms with Crippen LogP contribution in [0.4, 0.5) is 0 Å². The van der Waals surface area contributed by atoms with Gasteiger partial charge in [-0.15, -0.1) is 0 Å². The zero-order chi connectivity index (χ0) is 12.3. The van der Waals surface area contributed by atoms with Gasteiger partial charge in [0.2, 0.25) is 0 Å². The molecule has 0 fully saturated rings. The molecule has 0 heterocycles. The second kappa shape index (κ2) is 5.21. The van der Waals surface area contributed by atoms with Gasteiger partial charge in [0.25, 0.3) is 0 Å². The third-order valence-corrected chi connectivity index (χ3v) is 2.94. The SMILES string of the molecule is CCCCc1c(Cl)cc(O)c(C)c1C(=O)O. The van der Waals surface area contributed by atoms with Gasteiger partial charge in [0.05, 0.1) is 5.56 Å². The van der Waals surface area contributed by atoms with Gasteiger partial charge in [-0.1, -0.05) is 24.9 Å². The van der Waals surface area contributed by atoms with Crippen molar-refractivity contribution in [3.63, 3.8) is 0 Å². The van der Waals surface area contributed by atoms with Crippen LogP contribution in [-0.4, -0.2) is 16.2 Å². The van der Waals surface area contributed by atoms with Gasteiger partial charge in [-0.3, -0.25) is 0 Å². The Balaban J connectivity index is 3.32. The lowest BCUT2D eigenvalue weighted by molar-refractivity contribution is 0.0694. The standard InChI is InChI=1S/C12H15ClO3/c1-3-4-5-8-9(13)6-10(14)7(2)11(8)12(15)16/h6,14H,3-5H2,1-2H3,(H,15,16). The molecule has 0 saturated carbocycles. The maximum absolute atomic E-state index is 11.1. The summed E-state index contributed by atoms with van der Waals surface area (Å²) in [5.41, 5.74) is 1.13. The molecule has 4 heteroatoms. The number of benzene rings is 1. The lowest BCUT2D eigenvalue weighted by Crippen LogP contribution is -2.06. The summed E-state index contributed by atoms with van der Waals surface area (Å²) >= 11 is 5.96. The largest absolute Gasteiger partial charge is 0.508 e. The van der Waals surface area contributed by atoms with Crippen molar-refractivity contribution in [1.82, 2.24) is 0 Å². The Morgan fingerprint density at radius 1 is 1.50 bits per heavy atom. The predicted octanol–water partition coefficient (Wildman–Crippen LogP) is 3.39. The van der Waals surface area contributed by atoms with Crippen molar-refractivity contribution >= 4 is 17.6 Å². The van der Waals surface area contributed by atoms with Crippen molar-refractivity contribution in [1.29, 1.82) is 0 Å². The molecule has 3 nitrogen and oxygen atoms in total. The molecule has 0 aliphatic carbocycles. The summed E-state index contributed by atoms with van der Waals surface area (Å²) in [4.78, 5) is 11.1. The fourth-order valence-electron chi connectivity index (χ4n) is 1.68. The van der Waals surface area contributed by atoms with Crippen LogP contribution in [0.1, 0.15) is 41.3 Å². The molecule has 0 aromatic heterocycles. The molecular formula is C12H15ClO3. The van der Waals surface area contributed by atoms with Crippen LogP contribution in [-0.2, 0) is 6.42 Å². The van der Waals surface area contributed by atoms with Gasteiger partial charge in [-0.05, 0) is 31.4 Å². The number of carboxylic acid groups (broad SMARTS) is 1. The maximum atomic E-state index is 11.1. The first kappa shape index (κ1) is 12.8. The minimum atomic E-state index is -1.04. The van der Waals surface area contributed by atoms with E-state index in [2.05, 4.69) is 0 Å². The Labute approximate surface area is 99.7 Å². The molecule has 2 N–H and O–H groups in total. The monoisotopic (exact) mass is 242 g/mol. The number of hydrogen-bond donors (Lipinski definition) is 2. The molecule has 0 spiro atoms. The molecule has 88 valence electrons. The zero-order valence-electron chi connectivity index (χ0n) is 9.38. The molecule has 0 amide bonds. The van der Waals surface area contributed by atoms with Crippen LogP contribution in [0.5, 0.6) is 5.75 Å². The topological polar surface area (TPSA) is 57.5 Å². The van der Waals surface area contributed by atoms with Gasteiger partial charge in [0, 0.05) is 10.6 Å². The van der Waals surface area contributed by atoms with E-state index < -0.39 is 5.97 Å². The molecule has 0 unspecified atom stereocenters. The summed E-state index contributed by atoms with van der Waals surface area (Å²) in [6.45, 7) is 3.62. The first-order valence-corrected chi connectivity index (χ1v) is 5.61. The van der Waals surface area contributed by atoms with Gasteiger partial charge < -0.3 is 10.2 Å². The van der Waals surface area contributed by atoms with Crippen molar-refractivity contribution in [3.8, 4) is 5.75 Å². The van der Waals surface area contributed by atoms with Crippen molar-refractivity contribution in [2.75, 3.05) is 0 Å². The zero-order valence-corrected chi connectivity index (χ0v) is 10.1. The van der Waals surface area contributed by atoms with E-state index in [0.29, 0.717) is 22.6 Å². The number of unbranched alkanes of at least 4 members (excludes halogenated alkanes) is 1. The first-order chi connectivity index (χ1) is 7.49. The number of phenols is 1. The average molecular weight is 243 g/mol. The molecular weight excluding hydrogens is 228 g/mol. The average Bonchev–Trinajstić information content (AvgIpc) is 2.20. The summed E-state index contributed by atoms with van der Waals surface area (Å²) in [5.74, 6) is -1.11. The highest BCUT2D eigenvalue weighted by Gasteiger charge is 2.19. The molecule has 0 saturated heterocycles. The minimum Gasteiger partial charge on any atom is -0.508 e. The molecule has 16 heavy (non-hydrogen) atoms. The third-order valence-electron chi connectivity index (χ3n) is 2.61. The third kappa shape index (κ3) is 2.47. The van der Waals surface area contributed by atoms with E-state index in [1.54, 1.807) is 6.92 Å². The van der Waals surface area contributed by atoms with E-state index in [4.69, 9.17) is 16.7 Å². The number of halogens is 1. The van der Waals surface area contributed by atoms with Crippen LogP contribution in [0.3, 0.4) is 0 Å². The fraction of sp³-hybridized carbons (Fsp3) is 0.417. The van der Waals surface area contributed by atoms with Crippen LogP contribution in [0, 0.1) is 6.92 Å². The molecule has 0 aliphatic rings. The number of hydrogen-bond acceptors (Lipinski definition) is 2. The Hall–Kier alpha value is -1.22. The van der Waals surface area contributed by atoms with Crippen molar-refractivity contribution < 1.29 is 15.0 Å². The number of carboxylic acids is 1. The van der Waals surface area contributed by atoms with Gasteiger partial charge in [-0.25, -0.2) is 4.79 Å². The lowest BCUT2D eigenvalue weighted by atomic mass is 9.97. The molecule has 0 aliphatic heterocycles. The van der Waals surface area contributed by atoms with Crippen LogP contribution in [0.25, 0.3) is 0 Å². The minimum absolute atomic E-state index is 0.0670. The number of rotatable bonds is 4. The second-order valence-corrected chi connectivity index (χ2v) is 4.17. The van der Waals surface area contributed by atoms with Crippen LogP contribution in [0.15, 0.2) is 6.07 Å². The van der Waals surface area contributed by atoms with Gasteiger partial charge >= 0.3 is 5.97 Å². The first-order valence-electron chi connectivity index (χ1n) is 5.23. The normalized spacial score (nSPS) is 10.4. The van der Waals surface area contributed by atoms with E-state index in [1.807, 2.05) is 6.92 Å². The summed E-state index contributed by atoms with van der Waals surface area (Å²) in [5, 5.41) is 19.0. The molecule has 0 radical (unpaired) electrons. The number of phenolic OH excluding ortho intramolecular Hbond substituents is 1. The molecule has 1 aromatic rings. The summed E-state index contributed by atoms with van der Waals surface area (Å²) in [6.07, 6.45) is 2.47. The Kier molecular flexibility index (Phi) is 4.19. The summed E-state index contributed by atoms with van der Waals surface area (Å²) < 4.78 is 0. The van der Waals surface area contributed by atoms with E-state index in [0.717, 1.165) is 12.8 Å². The van der Waals surface area contributed by atoms with E-state index in [-0.39, 0.29) is 11.3 Å². The quantitative estimate of drug-likeness (QED) is 0.851. The number of aromatic hydroxyl groups is 1. The highest BCUT2D eigenvalue weighted by molar-refractivity contribution is 6.32. The number of aromatic carboxylic acids is 1. The maximum Gasteiger partial charge on any atom is 0.336 e. The molecule has 1 aromatic carbocycles. The molecule has 1 rings (SSSR count). The van der Waals surface area contributed by atoms with Crippen LogP contribution < -0.4 is 0 Å². The Morgan fingerprint density at radius 3 is 2.62 bits per heavy atom. The van der Waals surface area contributed by atoms with Crippen LogP contribution in [0.2, 0.25) is 5.02 Å². The Morgan fingerprint density at radius 2 is 2.12 bits per heavy atom. The smallest absolute Gasteiger partial charge is 0.336 e. The second-order valence-electron chi connectivity index (χ2n) is 3.76. The van der Waals surface area contributed by atoms with Gasteiger partial charge in [0.15, 0.2) is 0 Å². The predicted molar refractivity (Wildman–Crippen MR) is 63.4 cm³/mol. The number of carbonyl (C=O) groups is 1. The van der Waals surface area contributed by atoms with Gasteiger partial charge in [-0.2, -0.15) is 0 Å². The fourth-order valence-corrected chi connectivity index (χ4v) is 1.97. The highest BCUT2D eigenvalue weighted by Crippen LogP contribution is 2.31. The van der Waals surface area contributed by atoms with Crippen molar-refractivity contribution in [2.24, 2.45) is 0 Å². The van der Waals surface area contributed by atoms with Crippen LogP contribution >= 0.6 is 11.6 Å². The van der Waals surface area contributed by atoms with Gasteiger partial charge in [0.1, 0.15) is 5.75 Å².